The number of carbonyl (C=O) groups excluding carboxylic acids is 1. The van der Waals surface area contributed by atoms with Crippen LogP contribution in [-0.4, -0.2) is 23.1 Å². The van der Waals surface area contributed by atoms with Crippen molar-refractivity contribution in [3.63, 3.8) is 0 Å². The molecule has 0 saturated heterocycles. The first-order valence-electron chi connectivity index (χ1n) is 4.49. The maximum atomic E-state index is 10.8. The first kappa shape index (κ1) is 9.58. The number of hydrogen-bond acceptors (Lipinski definition) is 3. The summed E-state index contributed by atoms with van der Waals surface area (Å²) in [5.41, 5.74) is 1.18. The zero-order valence-electron chi connectivity index (χ0n) is 8.52. The highest BCUT2D eigenvalue weighted by Crippen LogP contribution is 2.34. The Kier molecular flexibility index (Phi) is 2.11. The van der Waals surface area contributed by atoms with Crippen LogP contribution in [0.1, 0.15) is 10.4 Å². The van der Waals surface area contributed by atoms with E-state index >= 15 is 0 Å². The number of benzene rings is 1. The topological polar surface area (TPSA) is 51.5 Å². The number of phenolic OH excluding ortho intramolecular Hbond substituents is 1. The van der Waals surface area contributed by atoms with E-state index in [9.17, 15) is 9.90 Å². The highest BCUT2D eigenvalue weighted by atomic mass is 16.5. The Morgan fingerprint density at radius 3 is 2.80 bits per heavy atom. The summed E-state index contributed by atoms with van der Waals surface area (Å²) in [7, 11) is 3.36. The largest absolute Gasteiger partial charge is 0.507 e. The van der Waals surface area contributed by atoms with Gasteiger partial charge in [-0.3, -0.25) is 4.79 Å². The maximum absolute atomic E-state index is 10.8. The van der Waals surface area contributed by atoms with E-state index in [1.807, 2.05) is 0 Å². The summed E-state index contributed by atoms with van der Waals surface area (Å²) in [6.45, 7) is 0. The Labute approximate surface area is 86.7 Å². The van der Waals surface area contributed by atoms with Crippen LogP contribution >= 0.6 is 0 Å². The van der Waals surface area contributed by atoms with E-state index in [4.69, 9.17) is 4.74 Å². The summed E-state index contributed by atoms with van der Waals surface area (Å²) >= 11 is 0. The summed E-state index contributed by atoms with van der Waals surface area (Å²) in [5.74, 6) is 0.729. The van der Waals surface area contributed by atoms with Crippen molar-refractivity contribution in [2.75, 3.05) is 7.11 Å². The van der Waals surface area contributed by atoms with Crippen molar-refractivity contribution in [1.29, 1.82) is 0 Å². The smallest absolute Gasteiger partial charge is 0.152 e. The Morgan fingerprint density at radius 1 is 1.47 bits per heavy atom. The molecule has 1 aromatic carbocycles. The highest BCUT2D eigenvalue weighted by Gasteiger charge is 2.14. The Hall–Kier alpha value is -1.97. The van der Waals surface area contributed by atoms with Gasteiger partial charge >= 0.3 is 0 Å². The molecule has 0 aliphatic rings. The van der Waals surface area contributed by atoms with Crippen molar-refractivity contribution in [2.45, 2.75) is 0 Å². The minimum Gasteiger partial charge on any atom is -0.507 e. The molecule has 2 rings (SSSR count). The predicted molar refractivity (Wildman–Crippen MR) is 56.5 cm³/mol. The molecule has 1 aromatic heterocycles. The molecule has 2 aromatic rings. The molecule has 0 saturated carbocycles. The quantitative estimate of drug-likeness (QED) is 0.759. The van der Waals surface area contributed by atoms with E-state index < -0.39 is 0 Å². The Morgan fingerprint density at radius 2 is 2.20 bits per heavy atom. The lowest BCUT2D eigenvalue weighted by Crippen LogP contribution is -1.89. The van der Waals surface area contributed by atoms with Crippen molar-refractivity contribution in [2.24, 2.45) is 7.05 Å². The molecule has 0 fully saturated rings. The number of aldehydes is 1. The zero-order chi connectivity index (χ0) is 11.0. The molecule has 15 heavy (non-hydrogen) atoms. The standard InChI is InChI=1S/C11H11NO3/c1-12-5-7(6-13)10-8(14)3-4-9(15-2)11(10)12/h3-6,14H,1-2H3. The third-order valence-electron chi connectivity index (χ3n) is 2.44. The molecule has 0 bridgehead atoms. The summed E-state index contributed by atoms with van der Waals surface area (Å²) < 4.78 is 6.93. The third kappa shape index (κ3) is 1.26. The maximum Gasteiger partial charge on any atom is 0.152 e. The van der Waals surface area contributed by atoms with Gasteiger partial charge in [0.05, 0.1) is 18.0 Å². The zero-order valence-corrected chi connectivity index (χ0v) is 8.52. The molecule has 0 unspecified atom stereocenters. The molecule has 0 amide bonds. The molecular formula is C11H11NO3. The van der Waals surface area contributed by atoms with Gasteiger partial charge in [-0.25, -0.2) is 0 Å². The lowest BCUT2D eigenvalue weighted by molar-refractivity contribution is 0.112. The molecule has 1 N–H and O–H groups in total. The first-order valence-corrected chi connectivity index (χ1v) is 4.49. The molecule has 4 heteroatoms. The number of rotatable bonds is 2. The van der Waals surface area contributed by atoms with Crippen LogP contribution in [0.4, 0.5) is 0 Å². The molecule has 0 aliphatic heterocycles. The molecular weight excluding hydrogens is 194 g/mol. The van der Waals surface area contributed by atoms with Crippen molar-refractivity contribution in [3.8, 4) is 11.5 Å². The molecule has 0 radical (unpaired) electrons. The van der Waals surface area contributed by atoms with Gasteiger partial charge < -0.3 is 14.4 Å². The molecule has 0 atom stereocenters. The Balaban J connectivity index is 2.95. The van der Waals surface area contributed by atoms with E-state index in [1.54, 1.807) is 31.0 Å². The average Bonchev–Trinajstić information content (AvgIpc) is 2.58. The minimum atomic E-state index is 0.0912. The van der Waals surface area contributed by atoms with Crippen molar-refractivity contribution < 1.29 is 14.6 Å². The number of fused-ring (bicyclic) bond motifs is 1. The van der Waals surface area contributed by atoms with Crippen LogP contribution in [0.25, 0.3) is 10.9 Å². The average molecular weight is 205 g/mol. The monoisotopic (exact) mass is 205 g/mol. The van der Waals surface area contributed by atoms with E-state index in [1.165, 1.54) is 6.07 Å². The van der Waals surface area contributed by atoms with Crippen molar-refractivity contribution in [3.05, 3.63) is 23.9 Å². The third-order valence-corrected chi connectivity index (χ3v) is 2.44. The van der Waals surface area contributed by atoms with Crippen LogP contribution in [0.15, 0.2) is 18.3 Å². The fraction of sp³-hybridized carbons (Fsp3) is 0.182. The van der Waals surface area contributed by atoms with Crippen molar-refractivity contribution in [1.82, 2.24) is 4.57 Å². The van der Waals surface area contributed by atoms with Gasteiger partial charge in [0.15, 0.2) is 6.29 Å². The van der Waals surface area contributed by atoms with E-state index in [0.717, 1.165) is 11.8 Å². The van der Waals surface area contributed by atoms with Crippen LogP contribution in [0, 0.1) is 0 Å². The van der Waals surface area contributed by atoms with Crippen LogP contribution in [-0.2, 0) is 7.05 Å². The van der Waals surface area contributed by atoms with E-state index in [-0.39, 0.29) is 5.75 Å². The van der Waals surface area contributed by atoms with E-state index in [2.05, 4.69) is 0 Å². The van der Waals surface area contributed by atoms with Gasteiger partial charge in [-0.1, -0.05) is 0 Å². The van der Waals surface area contributed by atoms with Gasteiger partial charge in [0.2, 0.25) is 0 Å². The molecule has 0 spiro atoms. The van der Waals surface area contributed by atoms with Gasteiger partial charge in [-0.15, -0.1) is 0 Å². The SMILES string of the molecule is COc1ccc(O)c2c(C=O)cn(C)c12. The van der Waals surface area contributed by atoms with Gasteiger partial charge in [-0.05, 0) is 12.1 Å². The Bertz CT molecular complexity index is 528. The van der Waals surface area contributed by atoms with Crippen LogP contribution in [0.2, 0.25) is 0 Å². The second kappa shape index (κ2) is 3.31. The number of carbonyl (C=O) groups is 1. The van der Waals surface area contributed by atoms with Crippen molar-refractivity contribution >= 4 is 17.2 Å². The predicted octanol–water partition coefficient (Wildman–Crippen LogP) is 1.70. The van der Waals surface area contributed by atoms with Gasteiger partial charge in [-0.2, -0.15) is 0 Å². The van der Waals surface area contributed by atoms with E-state index in [0.29, 0.717) is 16.7 Å². The molecule has 4 nitrogen and oxygen atoms in total. The number of ether oxygens (including phenoxy) is 1. The second-order valence-corrected chi connectivity index (χ2v) is 3.32. The number of phenols is 1. The molecule has 0 aliphatic carbocycles. The number of aryl methyl sites for hydroxylation is 1. The number of nitrogens with zero attached hydrogens (tertiary/aromatic N) is 1. The summed E-state index contributed by atoms with van der Waals surface area (Å²) in [4.78, 5) is 10.8. The van der Waals surface area contributed by atoms with Gasteiger partial charge in [0.1, 0.15) is 11.5 Å². The summed E-state index contributed by atoms with van der Waals surface area (Å²) in [5, 5.41) is 10.2. The number of aromatic hydroxyl groups is 1. The molecule has 78 valence electrons. The minimum absolute atomic E-state index is 0.0912. The fourth-order valence-corrected chi connectivity index (χ4v) is 1.79. The van der Waals surface area contributed by atoms with Crippen LogP contribution in [0.3, 0.4) is 0 Å². The number of hydrogen-bond donors (Lipinski definition) is 1. The lowest BCUT2D eigenvalue weighted by Gasteiger charge is -2.05. The number of methoxy groups -OCH3 is 1. The summed E-state index contributed by atoms with van der Waals surface area (Å²) in [6, 6.07) is 3.19. The van der Waals surface area contributed by atoms with Gasteiger partial charge in [0, 0.05) is 18.8 Å². The second-order valence-electron chi connectivity index (χ2n) is 3.32. The lowest BCUT2D eigenvalue weighted by atomic mass is 10.1. The van der Waals surface area contributed by atoms with Crippen LogP contribution in [0.5, 0.6) is 11.5 Å². The number of aromatic nitrogens is 1. The van der Waals surface area contributed by atoms with Crippen LogP contribution < -0.4 is 4.74 Å². The first-order chi connectivity index (χ1) is 7.19. The highest BCUT2D eigenvalue weighted by molar-refractivity contribution is 6.03. The summed E-state index contributed by atoms with van der Waals surface area (Å²) in [6.07, 6.45) is 2.39. The normalized spacial score (nSPS) is 10.5. The fourth-order valence-electron chi connectivity index (χ4n) is 1.79. The molecule has 1 heterocycles. The van der Waals surface area contributed by atoms with Gasteiger partial charge in [0.25, 0.3) is 0 Å².